The van der Waals surface area contributed by atoms with Crippen molar-refractivity contribution >= 4 is 11.6 Å². The van der Waals surface area contributed by atoms with E-state index in [9.17, 15) is 4.79 Å². The van der Waals surface area contributed by atoms with Crippen molar-refractivity contribution in [1.82, 2.24) is 14.9 Å². The van der Waals surface area contributed by atoms with Gasteiger partial charge in [0.05, 0.1) is 17.8 Å². The van der Waals surface area contributed by atoms with Crippen LogP contribution in [0.4, 0.5) is 0 Å². The van der Waals surface area contributed by atoms with E-state index in [0.717, 1.165) is 55.0 Å². The molecule has 1 aliphatic carbocycles. The van der Waals surface area contributed by atoms with E-state index in [0.29, 0.717) is 23.2 Å². The largest absolute Gasteiger partial charge is 0.495 e. The van der Waals surface area contributed by atoms with Gasteiger partial charge >= 0.3 is 0 Å². The van der Waals surface area contributed by atoms with E-state index in [1.165, 1.54) is 0 Å². The van der Waals surface area contributed by atoms with Gasteiger partial charge in [-0.3, -0.25) is 9.69 Å². The number of halogens is 1. The SMILES string of the molecule is COc1ccc(CN2CCc3c(nc(C4CC4)[nH]c3=O)C2)cc1Cl. The van der Waals surface area contributed by atoms with Gasteiger partial charge in [-0.15, -0.1) is 0 Å². The number of methoxy groups -OCH3 is 1. The highest BCUT2D eigenvalue weighted by Crippen LogP contribution is 2.38. The molecule has 2 aliphatic rings. The molecule has 1 fully saturated rings. The fourth-order valence-corrected chi connectivity index (χ4v) is 3.54. The van der Waals surface area contributed by atoms with Gasteiger partial charge in [0.25, 0.3) is 5.56 Å². The van der Waals surface area contributed by atoms with Crippen molar-refractivity contribution in [3.8, 4) is 5.75 Å². The summed E-state index contributed by atoms with van der Waals surface area (Å²) in [6.07, 6.45) is 3.01. The Labute approximate surface area is 145 Å². The van der Waals surface area contributed by atoms with Gasteiger partial charge in [0.15, 0.2) is 0 Å². The Kier molecular flexibility index (Phi) is 4.06. The quantitative estimate of drug-likeness (QED) is 0.925. The van der Waals surface area contributed by atoms with E-state index in [-0.39, 0.29) is 5.56 Å². The molecule has 0 radical (unpaired) electrons. The molecule has 6 heteroatoms. The predicted octanol–water partition coefficient (Wildman–Crippen LogP) is 2.87. The lowest BCUT2D eigenvalue weighted by molar-refractivity contribution is 0.240. The molecule has 2 heterocycles. The summed E-state index contributed by atoms with van der Waals surface area (Å²) < 4.78 is 5.20. The van der Waals surface area contributed by atoms with Crippen molar-refractivity contribution in [1.29, 1.82) is 0 Å². The molecule has 1 N–H and O–H groups in total. The monoisotopic (exact) mass is 345 g/mol. The number of fused-ring (bicyclic) bond motifs is 1. The first-order chi connectivity index (χ1) is 11.6. The number of aromatic amines is 1. The molecule has 126 valence electrons. The van der Waals surface area contributed by atoms with E-state index < -0.39 is 0 Å². The van der Waals surface area contributed by atoms with Crippen LogP contribution in [0.1, 0.15) is 41.4 Å². The van der Waals surface area contributed by atoms with E-state index in [2.05, 4.69) is 9.88 Å². The highest BCUT2D eigenvalue weighted by Gasteiger charge is 2.29. The number of hydrogen-bond acceptors (Lipinski definition) is 4. The Morgan fingerprint density at radius 1 is 1.42 bits per heavy atom. The molecule has 1 saturated carbocycles. The Balaban J connectivity index is 1.53. The van der Waals surface area contributed by atoms with Gasteiger partial charge in [0.1, 0.15) is 11.6 Å². The van der Waals surface area contributed by atoms with Gasteiger partial charge in [0, 0.05) is 31.1 Å². The zero-order valence-corrected chi connectivity index (χ0v) is 14.4. The smallest absolute Gasteiger partial charge is 0.254 e. The first kappa shape index (κ1) is 15.7. The second kappa shape index (κ2) is 6.22. The van der Waals surface area contributed by atoms with Crippen LogP contribution in [0.3, 0.4) is 0 Å². The standard InChI is InChI=1S/C18H20ClN3O2/c1-24-16-5-2-11(8-14(16)19)9-22-7-6-13-15(10-22)20-17(12-3-4-12)21-18(13)23/h2,5,8,12H,3-4,6-7,9-10H2,1H3,(H,20,21,23). The highest BCUT2D eigenvalue weighted by atomic mass is 35.5. The van der Waals surface area contributed by atoms with Gasteiger partial charge < -0.3 is 9.72 Å². The van der Waals surface area contributed by atoms with Gasteiger partial charge in [-0.1, -0.05) is 17.7 Å². The molecule has 0 amide bonds. The Morgan fingerprint density at radius 3 is 2.96 bits per heavy atom. The third-order valence-electron chi connectivity index (χ3n) is 4.76. The van der Waals surface area contributed by atoms with Gasteiger partial charge in [-0.25, -0.2) is 4.98 Å². The molecular formula is C18H20ClN3O2. The maximum absolute atomic E-state index is 12.3. The number of nitrogens with one attached hydrogen (secondary N) is 1. The number of ether oxygens (including phenoxy) is 1. The van der Waals surface area contributed by atoms with Crippen molar-refractivity contribution in [2.24, 2.45) is 0 Å². The summed E-state index contributed by atoms with van der Waals surface area (Å²) >= 11 is 6.21. The maximum atomic E-state index is 12.3. The number of H-pyrrole nitrogens is 1. The molecule has 1 aromatic heterocycles. The normalized spacial score (nSPS) is 17.6. The van der Waals surface area contributed by atoms with Gasteiger partial charge in [0.2, 0.25) is 0 Å². The molecule has 2 aromatic rings. The minimum Gasteiger partial charge on any atom is -0.495 e. The molecular weight excluding hydrogens is 326 g/mol. The molecule has 1 aliphatic heterocycles. The summed E-state index contributed by atoms with van der Waals surface area (Å²) in [5.41, 5.74) is 2.97. The summed E-state index contributed by atoms with van der Waals surface area (Å²) in [4.78, 5) is 22.3. The van der Waals surface area contributed by atoms with E-state index >= 15 is 0 Å². The molecule has 4 rings (SSSR count). The topological polar surface area (TPSA) is 58.2 Å². The van der Waals surface area contributed by atoms with Crippen LogP contribution >= 0.6 is 11.6 Å². The maximum Gasteiger partial charge on any atom is 0.254 e. The van der Waals surface area contributed by atoms with Gasteiger partial charge in [-0.2, -0.15) is 0 Å². The highest BCUT2D eigenvalue weighted by molar-refractivity contribution is 6.32. The lowest BCUT2D eigenvalue weighted by Gasteiger charge is -2.27. The minimum atomic E-state index is 0.0500. The number of hydrogen-bond donors (Lipinski definition) is 1. The van der Waals surface area contributed by atoms with E-state index in [1.807, 2.05) is 18.2 Å². The Morgan fingerprint density at radius 2 is 2.25 bits per heavy atom. The van der Waals surface area contributed by atoms with Crippen LogP contribution in [-0.2, 0) is 19.5 Å². The van der Waals surface area contributed by atoms with Crippen molar-refractivity contribution in [2.45, 2.75) is 38.3 Å². The lowest BCUT2D eigenvalue weighted by Crippen LogP contribution is -2.35. The van der Waals surface area contributed by atoms with Gasteiger partial charge in [-0.05, 0) is 37.0 Å². The lowest BCUT2D eigenvalue weighted by atomic mass is 10.1. The molecule has 1 aromatic carbocycles. The second-order valence-electron chi connectivity index (χ2n) is 6.58. The fourth-order valence-electron chi connectivity index (χ4n) is 3.26. The molecule has 0 saturated heterocycles. The Bertz CT molecular complexity index is 829. The zero-order valence-electron chi connectivity index (χ0n) is 13.6. The average molecular weight is 346 g/mol. The van der Waals surface area contributed by atoms with Crippen LogP contribution < -0.4 is 10.3 Å². The second-order valence-corrected chi connectivity index (χ2v) is 6.99. The number of benzene rings is 1. The molecule has 0 unspecified atom stereocenters. The number of nitrogens with zero attached hydrogens (tertiary/aromatic N) is 2. The van der Waals surface area contributed by atoms with Crippen molar-refractivity contribution in [2.75, 3.05) is 13.7 Å². The van der Waals surface area contributed by atoms with E-state index in [1.54, 1.807) is 7.11 Å². The van der Waals surface area contributed by atoms with Crippen LogP contribution in [0.25, 0.3) is 0 Å². The third kappa shape index (κ3) is 3.06. The summed E-state index contributed by atoms with van der Waals surface area (Å²) in [5, 5.41) is 0.623. The van der Waals surface area contributed by atoms with Crippen LogP contribution in [-0.4, -0.2) is 28.5 Å². The third-order valence-corrected chi connectivity index (χ3v) is 5.05. The van der Waals surface area contributed by atoms with Crippen LogP contribution in [0, 0.1) is 0 Å². The number of aromatic nitrogens is 2. The molecule has 5 nitrogen and oxygen atoms in total. The molecule has 0 spiro atoms. The molecule has 24 heavy (non-hydrogen) atoms. The fraction of sp³-hybridized carbons (Fsp3) is 0.444. The molecule has 0 atom stereocenters. The minimum absolute atomic E-state index is 0.0500. The number of rotatable bonds is 4. The Hall–Kier alpha value is -1.85. The van der Waals surface area contributed by atoms with Crippen molar-refractivity contribution in [3.63, 3.8) is 0 Å². The van der Waals surface area contributed by atoms with Crippen molar-refractivity contribution < 1.29 is 4.74 Å². The first-order valence-electron chi connectivity index (χ1n) is 8.31. The van der Waals surface area contributed by atoms with E-state index in [4.69, 9.17) is 21.3 Å². The summed E-state index contributed by atoms with van der Waals surface area (Å²) in [6.45, 7) is 2.35. The van der Waals surface area contributed by atoms with Crippen LogP contribution in [0.2, 0.25) is 5.02 Å². The molecule has 0 bridgehead atoms. The predicted molar refractivity (Wildman–Crippen MR) is 92.7 cm³/mol. The zero-order chi connectivity index (χ0) is 16.7. The van der Waals surface area contributed by atoms with Crippen LogP contribution in [0.5, 0.6) is 5.75 Å². The first-order valence-corrected chi connectivity index (χ1v) is 8.68. The summed E-state index contributed by atoms with van der Waals surface area (Å²) in [7, 11) is 1.61. The average Bonchev–Trinajstić information content (AvgIpc) is 3.39. The summed E-state index contributed by atoms with van der Waals surface area (Å²) in [5.74, 6) is 2.01. The van der Waals surface area contributed by atoms with Crippen molar-refractivity contribution in [3.05, 3.63) is 56.2 Å². The summed E-state index contributed by atoms with van der Waals surface area (Å²) in [6, 6.07) is 5.86. The van der Waals surface area contributed by atoms with Crippen LogP contribution in [0.15, 0.2) is 23.0 Å².